The second-order valence-electron chi connectivity index (χ2n) is 3.56. The van der Waals surface area contributed by atoms with Crippen molar-refractivity contribution in [3.05, 3.63) is 0 Å². The van der Waals surface area contributed by atoms with Crippen LogP contribution in [-0.2, 0) is 9.47 Å². The molecule has 0 amide bonds. The van der Waals surface area contributed by atoms with Crippen LogP contribution in [0.5, 0.6) is 0 Å². The fraction of sp³-hybridized carbons (Fsp3) is 0.636. The van der Waals surface area contributed by atoms with Crippen LogP contribution in [0.2, 0.25) is 0 Å². The van der Waals surface area contributed by atoms with Crippen LogP contribution in [0.1, 0.15) is 13.8 Å². The highest BCUT2D eigenvalue weighted by Gasteiger charge is 2.17. The van der Waals surface area contributed by atoms with Crippen molar-refractivity contribution in [1.29, 1.82) is 0 Å². The molecule has 72 valence electrons. The van der Waals surface area contributed by atoms with E-state index in [-0.39, 0.29) is 5.41 Å². The molecule has 0 aromatic rings. The van der Waals surface area contributed by atoms with Gasteiger partial charge in [0.15, 0.2) is 0 Å². The molecule has 0 aromatic carbocycles. The maximum atomic E-state index is 5.21. The molecule has 0 saturated carbocycles. The van der Waals surface area contributed by atoms with Crippen molar-refractivity contribution in [2.24, 2.45) is 5.41 Å². The van der Waals surface area contributed by atoms with Crippen LogP contribution in [0, 0.1) is 30.1 Å². The highest BCUT2D eigenvalue weighted by Crippen LogP contribution is 2.15. The van der Waals surface area contributed by atoms with Gasteiger partial charge in [0.2, 0.25) is 0 Å². The maximum absolute atomic E-state index is 5.21. The van der Waals surface area contributed by atoms with Gasteiger partial charge in [0.25, 0.3) is 0 Å². The molecule has 0 heterocycles. The summed E-state index contributed by atoms with van der Waals surface area (Å²) in [7, 11) is 0. The van der Waals surface area contributed by atoms with Crippen molar-refractivity contribution in [1.82, 2.24) is 0 Å². The molecule has 0 aliphatic carbocycles. The molecule has 0 spiro atoms. The molecule has 2 heteroatoms. The number of hydrogen-bond donors (Lipinski definition) is 0. The van der Waals surface area contributed by atoms with E-state index in [2.05, 4.69) is 11.8 Å². The van der Waals surface area contributed by atoms with Gasteiger partial charge in [-0.3, -0.25) is 0 Å². The van der Waals surface area contributed by atoms with E-state index in [0.717, 1.165) is 0 Å². The van der Waals surface area contributed by atoms with Crippen molar-refractivity contribution in [2.45, 2.75) is 13.8 Å². The van der Waals surface area contributed by atoms with Crippen molar-refractivity contribution < 1.29 is 9.47 Å². The molecule has 0 radical (unpaired) electrons. The lowest BCUT2D eigenvalue weighted by Crippen LogP contribution is -2.25. The predicted molar refractivity (Wildman–Crippen MR) is 53.1 cm³/mol. The van der Waals surface area contributed by atoms with Crippen molar-refractivity contribution in [3.8, 4) is 24.7 Å². The quantitative estimate of drug-likeness (QED) is 0.453. The normalized spacial score (nSPS) is 10.5. The highest BCUT2D eigenvalue weighted by atomic mass is 16.5. The molecule has 0 saturated heterocycles. The molecule has 0 aliphatic rings. The average Bonchev–Trinajstić information content (AvgIpc) is 2.05. The molecule has 0 N–H and O–H groups in total. The minimum Gasteiger partial charge on any atom is -0.368 e. The Hall–Kier alpha value is -0.960. The average molecular weight is 180 g/mol. The van der Waals surface area contributed by atoms with Gasteiger partial charge >= 0.3 is 0 Å². The number of rotatable bonds is 6. The maximum Gasteiger partial charge on any atom is 0.107 e. The van der Waals surface area contributed by atoms with Gasteiger partial charge in [-0.25, -0.2) is 0 Å². The molecule has 0 aliphatic heterocycles. The van der Waals surface area contributed by atoms with Crippen LogP contribution in [0.15, 0.2) is 0 Å². The summed E-state index contributed by atoms with van der Waals surface area (Å²) in [5.74, 6) is 4.82. The molecule has 13 heavy (non-hydrogen) atoms. The highest BCUT2D eigenvalue weighted by molar-refractivity contribution is 4.84. The van der Waals surface area contributed by atoms with Crippen LogP contribution in [0.3, 0.4) is 0 Å². The van der Waals surface area contributed by atoms with Crippen molar-refractivity contribution >= 4 is 0 Å². The van der Waals surface area contributed by atoms with Crippen molar-refractivity contribution in [2.75, 3.05) is 26.4 Å². The lowest BCUT2D eigenvalue weighted by Gasteiger charge is -2.22. The van der Waals surface area contributed by atoms with Crippen LogP contribution < -0.4 is 0 Å². The molecule has 0 unspecified atom stereocenters. The molecule has 0 atom stereocenters. The van der Waals surface area contributed by atoms with E-state index in [0.29, 0.717) is 26.4 Å². The third-order valence-electron chi connectivity index (χ3n) is 1.36. The summed E-state index contributed by atoms with van der Waals surface area (Å²) in [6.45, 7) is 5.95. The predicted octanol–water partition coefficient (Wildman–Crippen LogP) is 1.31. The third-order valence-corrected chi connectivity index (χ3v) is 1.36. The largest absolute Gasteiger partial charge is 0.368 e. The van der Waals surface area contributed by atoms with Gasteiger partial charge in [-0.15, -0.1) is 12.8 Å². The first-order valence-corrected chi connectivity index (χ1v) is 4.15. The van der Waals surface area contributed by atoms with E-state index >= 15 is 0 Å². The molecule has 0 aromatic heterocycles. The van der Waals surface area contributed by atoms with E-state index in [4.69, 9.17) is 22.3 Å². The molecular formula is C11H16O2. The topological polar surface area (TPSA) is 18.5 Å². The van der Waals surface area contributed by atoms with E-state index in [9.17, 15) is 0 Å². The molecule has 2 nitrogen and oxygen atoms in total. The minimum atomic E-state index is -0.0340. The second-order valence-corrected chi connectivity index (χ2v) is 3.56. The zero-order chi connectivity index (χ0) is 10.2. The molecule has 0 rings (SSSR count). The first-order valence-electron chi connectivity index (χ1n) is 4.15. The van der Waals surface area contributed by atoms with Gasteiger partial charge < -0.3 is 9.47 Å². The van der Waals surface area contributed by atoms with Gasteiger partial charge in [0.1, 0.15) is 13.2 Å². The Balaban J connectivity index is 3.56. The second kappa shape index (κ2) is 6.54. The summed E-state index contributed by atoms with van der Waals surface area (Å²) in [5.41, 5.74) is -0.0340. The van der Waals surface area contributed by atoms with Gasteiger partial charge in [0.05, 0.1) is 13.2 Å². The van der Waals surface area contributed by atoms with E-state index < -0.39 is 0 Å². The first kappa shape index (κ1) is 12.0. The van der Waals surface area contributed by atoms with E-state index in [1.165, 1.54) is 0 Å². The Morgan fingerprint density at radius 3 is 1.69 bits per heavy atom. The SMILES string of the molecule is C#CCOCC(C)(C)COCC#C. The molecule has 0 fully saturated rings. The number of terminal acetylenes is 2. The third kappa shape index (κ3) is 7.40. The fourth-order valence-electron chi connectivity index (χ4n) is 0.814. The van der Waals surface area contributed by atoms with Gasteiger partial charge in [-0.05, 0) is 0 Å². The summed E-state index contributed by atoms with van der Waals surface area (Å²) < 4.78 is 10.4. The summed E-state index contributed by atoms with van der Waals surface area (Å²) in [6.07, 6.45) is 10.1. The van der Waals surface area contributed by atoms with E-state index in [1.807, 2.05) is 13.8 Å². The Bertz CT molecular complexity index is 183. The lowest BCUT2D eigenvalue weighted by atomic mass is 9.96. The Morgan fingerprint density at radius 1 is 1.00 bits per heavy atom. The summed E-state index contributed by atoms with van der Waals surface area (Å²) >= 11 is 0. The molecule has 0 bridgehead atoms. The van der Waals surface area contributed by atoms with Gasteiger partial charge in [0, 0.05) is 5.41 Å². The summed E-state index contributed by atoms with van der Waals surface area (Å²) in [6, 6.07) is 0. The lowest BCUT2D eigenvalue weighted by molar-refractivity contribution is 0.0152. The van der Waals surface area contributed by atoms with E-state index in [1.54, 1.807) is 0 Å². The van der Waals surface area contributed by atoms with Crippen LogP contribution in [-0.4, -0.2) is 26.4 Å². The van der Waals surface area contributed by atoms with Crippen LogP contribution in [0.4, 0.5) is 0 Å². The summed E-state index contributed by atoms with van der Waals surface area (Å²) in [4.78, 5) is 0. The standard InChI is InChI=1S/C11H16O2/c1-5-7-12-9-11(3,4)10-13-8-6-2/h1-2H,7-10H2,3-4H3. The number of hydrogen-bond acceptors (Lipinski definition) is 2. The zero-order valence-electron chi connectivity index (χ0n) is 8.30. The Labute approximate surface area is 80.6 Å². The summed E-state index contributed by atoms with van der Waals surface area (Å²) in [5, 5.41) is 0. The van der Waals surface area contributed by atoms with Gasteiger partial charge in [-0.2, -0.15) is 0 Å². The van der Waals surface area contributed by atoms with Crippen molar-refractivity contribution in [3.63, 3.8) is 0 Å². The minimum absolute atomic E-state index is 0.0340. The fourth-order valence-corrected chi connectivity index (χ4v) is 0.814. The zero-order valence-corrected chi connectivity index (χ0v) is 8.30. The Morgan fingerprint density at radius 2 is 1.38 bits per heavy atom. The van der Waals surface area contributed by atoms with Crippen LogP contribution >= 0.6 is 0 Å². The van der Waals surface area contributed by atoms with Gasteiger partial charge in [-0.1, -0.05) is 25.7 Å². The molecular weight excluding hydrogens is 164 g/mol. The number of ether oxygens (including phenoxy) is 2. The Kier molecular flexibility index (Phi) is 6.06. The van der Waals surface area contributed by atoms with Crippen LogP contribution in [0.25, 0.3) is 0 Å². The first-order chi connectivity index (χ1) is 6.12. The monoisotopic (exact) mass is 180 g/mol. The smallest absolute Gasteiger partial charge is 0.107 e.